The highest BCUT2D eigenvalue weighted by molar-refractivity contribution is 5.29. The summed E-state index contributed by atoms with van der Waals surface area (Å²) < 4.78 is 1.76. The van der Waals surface area contributed by atoms with E-state index in [1.165, 1.54) is 0 Å². The average molecular weight is 294 g/mol. The molecule has 0 amide bonds. The minimum Gasteiger partial charge on any atom is -0.385 e. The van der Waals surface area contributed by atoms with Crippen LogP contribution in [0.15, 0.2) is 79.4 Å². The van der Waals surface area contributed by atoms with E-state index in [2.05, 4.69) is 4.98 Å². The summed E-state index contributed by atoms with van der Waals surface area (Å²) in [6.45, 7) is 0.215. The number of imidazole rings is 1. The fraction of sp³-hybridized carbons (Fsp3) is 0.167. The standard InChI is InChI=1S/C18H18N2O2/c21-17(15-7-3-1-4-8-15)18(22,13-20-12-11-19-14-20)16-9-5-2-6-10-16/h1-12,14,17,21-22H,13H2/t17-,18-/m0/s1. The van der Waals surface area contributed by atoms with Gasteiger partial charge in [0.2, 0.25) is 0 Å². The number of nitrogens with zero attached hydrogens (tertiary/aromatic N) is 2. The van der Waals surface area contributed by atoms with E-state index in [4.69, 9.17) is 0 Å². The molecule has 0 aliphatic heterocycles. The summed E-state index contributed by atoms with van der Waals surface area (Å²) in [5, 5.41) is 22.1. The summed E-state index contributed by atoms with van der Waals surface area (Å²) in [7, 11) is 0. The van der Waals surface area contributed by atoms with Crippen molar-refractivity contribution in [3.05, 3.63) is 90.5 Å². The second kappa shape index (κ2) is 6.13. The van der Waals surface area contributed by atoms with E-state index in [0.717, 1.165) is 0 Å². The molecule has 0 aliphatic rings. The van der Waals surface area contributed by atoms with Gasteiger partial charge in [0, 0.05) is 12.4 Å². The van der Waals surface area contributed by atoms with Gasteiger partial charge in [0.15, 0.2) is 0 Å². The number of aromatic nitrogens is 2. The van der Waals surface area contributed by atoms with E-state index in [1.54, 1.807) is 23.3 Å². The summed E-state index contributed by atoms with van der Waals surface area (Å²) in [5.41, 5.74) is -0.0995. The van der Waals surface area contributed by atoms with Crippen molar-refractivity contribution in [3.8, 4) is 0 Å². The largest absolute Gasteiger partial charge is 0.385 e. The monoisotopic (exact) mass is 294 g/mol. The Morgan fingerprint density at radius 3 is 2.23 bits per heavy atom. The van der Waals surface area contributed by atoms with Gasteiger partial charge < -0.3 is 14.8 Å². The maximum Gasteiger partial charge on any atom is 0.137 e. The van der Waals surface area contributed by atoms with Crippen LogP contribution in [0.2, 0.25) is 0 Å². The second-order valence-corrected chi connectivity index (χ2v) is 5.34. The molecule has 0 radical (unpaired) electrons. The van der Waals surface area contributed by atoms with Crippen LogP contribution in [0.4, 0.5) is 0 Å². The molecule has 0 aliphatic carbocycles. The second-order valence-electron chi connectivity index (χ2n) is 5.34. The fourth-order valence-corrected chi connectivity index (χ4v) is 2.63. The molecule has 1 aromatic heterocycles. The lowest BCUT2D eigenvalue weighted by Crippen LogP contribution is -2.38. The van der Waals surface area contributed by atoms with Gasteiger partial charge in [0.1, 0.15) is 11.7 Å². The van der Waals surface area contributed by atoms with Crippen LogP contribution in [-0.4, -0.2) is 19.8 Å². The van der Waals surface area contributed by atoms with E-state index >= 15 is 0 Å². The summed E-state index contributed by atoms with van der Waals surface area (Å²) in [6, 6.07) is 18.4. The normalized spacial score (nSPS) is 15.2. The average Bonchev–Trinajstić information content (AvgIpc) is 3.08. The van der Waals surface area contributed by atoms with Crippen molar-refractivity contribution in [3.63, 3.8) is 0 Å². The third-order valence-corrected chi connectivity index (χ3v) is 3.82. The molecule has 2 N–H and O–H groups in total. The van der Waals surface area contributed by atoms with Gasteiger partial charge in [-0.3, -0.25) is 0 Å². The minimum atomic E-state index is -1.44. The summed E-state index contributed by atoms with van der Waals surface area (Å²) in [6.07, 6.45) is 4.01. The maximum atomic E-state index is 11.3. The van der Waals surface area contributed by atoms with Crippen molar-refractivity contribution in [2.24, 2.45) is 0 Å². The first-order chi connectivity index (χ1) is 10.7. The molecule has 3 rings (SSSR count). The van der Waals surface area contributed by atoms with Gasteiger partial charge in [0.25, 0.3) is 0 Å². The number of hydrogen-bond acceptors (Lipinski definition) is 3. The van der Waals surface area contributed by atoms with Gasteiger partial charge >= 0.3 is 0 Å². The highest BCUT2D eigenvalue weighted by Crippen LogP contribution is 2.36. The molecule has 22 heavy (non-hydrogen) atoms. The van der Waals surface area contributed by atoms with E-state index in [1.807, 2.05) is 60.7 Å². The molecular weight excluding hydrogens is 276 g/mol. The molecule has 0 bridgehead atoms. The van der Waals surface area contributed by atoms with Crippen LogP contribution in [-0.2, 0) is 12.1 Å². The van der Waals surface area contributed by atoms with Crippen LogP contribution in [0.25, 0.3) is 0 Å². The number of rotatable bonds is 5. The number of hydrogen-bond donors (Lipinski definition) is 2. The minimum absolute atomic E-state index is 0.215. The van der Waals surface area contributed by atoms with Crippen LogP contribution in [0.5, 0.6) is 0 Å². The van der Waals surface area contributed by atoms with Gasteiger partial charge in [-0.1, -0.05) is 60.7 Å². The molecule has 0 saturated carbocycles. The Labute approximate surface area is 129 Å². The smallest absolute Gasteiger partial charge is 0.137 e. The van der Waals surface area contributed by atoms with Crippen molar-refractivity contribution >= 4 is 0 Å². The molecule has 2 aromatic carbocycles. The topological polar surface area (TPSA) is 58.3 Å². The first-order valence-corrected chi connectivity index (χ1v) is 7.17. The van der Waals surface area contributed by atoms with Crippen LogP contribution in [0.1, 0.15) is 17.2 Å². The molecule has 0 spiro atoms. The molecule has 112 valence electrons. The zero-order valence-corrected chi connectivity index (χ0v) is 12.1. The molecule has 0 unspecified atom stereocenters. The van der Waals surface area contributed by atoms with Crippen LogP contribution in [0, 0.1) is 0 Å². The van der Waals surface area contributed by atoms with Crippen LogP contribution < -0.4 is 0 Å². The summed E-state index contributed by atoms with van der Waals surface area (Å²) in [5.74, 6) is 0. The predicted molar refractivity (Wildman–Crippen MR) is 84.0 cm³/mol. The zero-order chi connectivity index (χ0) is 15.4. The first kappa shape index (κ1) is 14.5. The number of aliphatic hydroxyl groups is 2. The Hall–Kier alpha value is -2.43. The lowest BCUT2D eigenvalue weighted by atomic mass is 9.84. The third kappa shape index (κ3) is 2.79. The molecular formula is C18H18N2O2. The van der Waals surface area contributed by atoms with Gasteiger partial charge in [-0.2, -0.15) is 0 Å². The Morgan fingerprint density at radius 2 is 1.64 bits per heavy atom. The quantitative estimate of drug-likeness (QED) is 0.760. The highest BCUT2D eigenvalue weighted by atomic mass is 16.3. The molecule has 4 heteroatoms. The van der Waals surface area contributed by atoms with Gasteiger partial charge in [-0.05, 0) is 11.1 Å². The van der Waals surface area contributed by atoms with E-state index in [9.17, 15) is 10.2 Å². The Bertz CT molecular complexity index is 698. The van der Waals surface area contributed by atoms with Crippen molar-refractivity contribution in [2.45, 2.75) is 18.2 Å². The molecule has 0 fully saturated rings. The summed E-state index contributed by atoms with van der Waals surface area (Å²) >= 11 is 0. The molecule has 4 nitrogen and oxygen atoms in total. The van der Waals surface area contributed by atoms with Crippen LogP contribution >= 0.6 is 0 Å². The Kier molecular flexibility index (Phi) is 4.04. The van der Waals surface area contributed by atoms with E-state index in [0.29, 0.717) is 11.1 Å². The number of benzene rings is 2. The Morgan fingerprint density at radius 1 is 1.00 bits per heavy atom. The lowest BCUT2D eigenvalue weighted by molar-refractivity contribution is -0.0946. The van der Waals surface area contributed by atoms with E-state index < -0.39 is 11.7 Å². The molecule has 2 atom stereocenters. The first-order valence-electron chi connectivity index (χ1n) is 7.17. The predicted octanol–water partition coefficient (Wildman–Crippen LogP) is 2.50. The molecule has 0 saturated heterocycles. The van der Waals surface area contributed by atoms with Crippen molar-refractivity contribution < 1.29 is 10.2 Å². The zero-order valence-electron chi connectivity index (χ0n) is 12.1. The molecule has 1 heterocycles. The SMILES string of the molecule is O[C@@H](c1ccccc1)[C@](O)(Cn1ccnc1)c1ccccc1. The van der Waals surface area contributed by atoms with Gasteiger partial charge in [-0.15, -0.1) is 0 Å². The van der Waals surface area contributed by atoms with Crippen LogP contribution in [0.3, 0.4) is 0 Å². The van der Waals surface area contributed by atoms with Crippen molar-refractivity contribution in [2.75, 3.05) is 0 Å². The van der Waals surface area contributed by atoms with Gasteiger partial charge in [-0.25, -0.2) is 4.98 Å². The number of aliphatic hydroxyl groups excluding tert-OH is 1. The van der Waals surface area contributed by atoms with Crippen molar-refractivity contribution in [1.82, 2.24) is 9.55 Å². The lowest BCUT2D eigenvalue weighted by Gasteiger charge is -2.34. The highest BCUT2D eigenvalue weighted by Gasteiger charge is 2.38. The van der Waals surface area contributed by atoms with E-state index in [-0.39, 0.29) is 6.54 Å². The third-order valence-electron chi connectivity index (χ3n) is 3.82. The maximum absolute atomic E-state index is 11.3. The van der Waals surface area contributed by atoms with Gasteiger partial charge in [0.05, 0.1) is 12.9 Å². The Balaban J connectivity index is 2.02. The van der Waals surface area contributed by atoms with Crippen molar-refractivity contribution in [1.29, 1.82) is 0 Å². The summed E-state index contributed by atoms with van der Waals surface area (Å²) in [4.78, 5) is 4.00. The molecule has 3 aromatic rings. The fourth-order valence-electron chi connectivity index (χ4n) is 2.63.